The molecule has 0 radical (unpaired) electrons. The van der Waals surface area contributed by atoms with Crippen LogP contribution < -0.4 is 20.3 Å². The number of hydrogen-bond acceptors (Lipinski definition) is 4. The fourth-order valence-electron chi connectivity index (χ4n) is 3.68. The molecular formula is C22H29ClIN5O. The van der Waals surface area contributed by atoms with Crippen molar-refractivity contribution in [2.24, 2.45) is 4.99 Å². The van der Waals surface area contributed by atoms with E-state index in [2.05, 4.69) is 37.6 Å². The van der Waals surface area contributed by atoms with E-state index in [9.17, 15) is 0 Å². The van der Waals surface area contributed by atoms with Gasteiger partial charge in [0.1, 0.15) is 11.6 Å². The van der Waals surface area contributed by atoms with Crippen LogP contribution in [0, 0.1) is 0 Å². The first-order valence-corrected chi connectivity index (χ1v) is 10.7. The molecule has 2 heterocycles. The van der Waals surface area contributed by atoms with Gasteiger partial charge in [0.25, 0.3) is 0 Å². The third kappa shape index (κ3) is 5.69. The number of rotatable bonds is 6. The van der Waals surface area contributed by atoms with Crippen LogP contribution in [0.15, 0.2) is 47.6 Å². The number of anilines is 1. The average Bonchev–Trinajstić information content (AvgIpc) is 3.17. The number of guanidine groups is 1. The number of benzene rings is 1. The maximum absolute atomic E-state index is 6.30. The van der Waals surface area contributed by atoms with Gasteiger partial charge in [-0.2, -0.15) is 0 Å². The van der Waals surface area contributed by atoms with Crippen LogP contribution in [0.4, 0.5) is 5.82 Å². The number of aliphatic imine (C=N–C) groups is 1. The highest BCUT2D eigenvalue weighted by atomic mass is 127. The zero-order chi connectivity index (χ0) is 20.1. The van der Waals surface area contributed by atoms with Crippen LogP contribution in [0.1, 0.15) is 31.2 Å². The Balaban J connectivity index is 0.00000256. The lowest BCUT2D eigenvalue weighted by atomic mass is 9.96. The lowest BCUT2D eigenvalue weighted by molar-refractivity contribution is 0.119. The van der Waals surface area contributed by atoms with Gasteiger partial charge >= 0.3 is 0 Å². The largest absolute Gasteiger partial charge is 0.490 e. The average molecular weight is 542 g/mol. The molecule has 30 heavy (non-hydrogen) atoms. The number of para-hydroxylation sites is 1. The molecule has 1 saturated carbocycles. The molecule has 1 atom stereocenters. The minimum Gasteiger partial charge on any atom is -0.490 e. The van der Waals surface area contributed by atoms with Crippen molar-refractivity contribution < 1.29 is 4.74 Å². The summed E-state index contributed by atoms with van der Waals surface area (Å²) in [6.45, 7) is 2.44. The van der Waals surface area contributed by atoms with Gasteiger partial charge in [-0.25, -0.2) is 4.98 Å². The summed E-state index contributed by atoms with van der Waals surface area (Å²) in [5, 5.41) is 7.64. The molecule has 1 aliphatic carbocycles. The number of aromatic nitrogens is 1. The second-order valence-electron chi connectivity index (χ2n) is 7.59. The maximum Gasteiger partial charge on any atom is 0.191 e. The van der Waals surface area contributed by atoms with E-state index < -0.39 is 0 Å². The van der Waals surface area contributed by atoms with Crippen molar-refractivity contribution in [2.45, 2.75) is 44.4 Å². The van der Waals surface area contributed by atoms with Gasteiger partial charge in [0.05, 0.1) is 11.1 Å². The quantitative estimate of drug-likeness (QED) is 0.326. The van der Waals surface area contributed by atoms with E-state index in [1.807, 2.05) is 24.3 Å². The highest BCUT2D eigenvalue weighted by Crippen LogP contribution is 2.28. The number of nitrogens with zero attached hydrogens (tertiary/aromatic N) is 3. The van der Waals surface area contributed by atoms with Crippen LogP contribution in [0.5, 0.6) is 5.75 Å². The summed E-state index contributed by atoms with van der Waals surface area (Å²) in [6, 6.07) is 12.3. The Hall–Kier alpha value is -1.74. The monoisotopic (exact) mass is 541 g/mol. The molecule has 8 heteroatoms. The molecule has 1 aromatic carbocycles. The number of nitrogens with one attached hydrogen (secondary N) is 2. The van der Waals surface area contributed by atoms with E-state index in [1.165, 1.54) is 6.42 Å². The Morgan fingerprint density at radius 1 is 1.23 bits per heavy atom. The Bertz CT molecular complexity index is 861. The molecule has 162 valence electrons. The number of ether oxygens (including phenoxy) is 1. The zero-order valence-electron chi connectivity index (χ0n) is 17.2. The minimum absolute atomic E-state index is 0. The van der Waals surface area contributed by atoms with Crippen molar-refractivity contribution in [1.82, 2.24) is 15.6 Å². The lowest BCUT2D eigenvalue weighted by Crippen LogP contribution is -2.44. The standard InChI is InChI=1S/C22H28ClN5O.HI/c1-24-22(26-14-16-6-2-3-10-20(16)29-18-7-4-8-18)27-17-11-13-28(15-17)21-19(23)9-5-12-25-21;/h2-3,5-6,9-10,12,17-18H,4,7-8,11,13-15H2,1H3,(H2,24,26,27);1H. The van der Waals surface area contributed by atoms with Crippen LogP contribution in [-0.4, -0.2) is 43.2 Å². The molecule has 2 N–H and O–H groups in total. The Labute approximate surface area is 200 Å². The molecule has 2 aromatic rings. The van der Waals surface area contributed by atoms with Crippen molar-refractivity contribution >= 4 is 47.4 Å². The summed E-state index contributed by atoms with van der Waals surface area (Å²) in [4.78, 5) is 11.0. The van der Waals surface area contributed by atoms with Crippen LogP contribution in [0.3, 0.4) is 0 Å². The Morgan fingerprint density at radius 3 is 2.80 bits per heavy atom. The molecular weight excluding hydrogens is 513 g/mol. The second-order valence-corrected chi connectivity index (χ2v) is 8.00. The summed E-state index contributed by atoms with van der Waals surface area (Å²) in [5.41, 5.74) is 1.15. The van der Waals surface area contributed by atoms with Gasteiger partial charge < -0.3 is 20.3 Å². The third-order valence-electron chi connectivity index (χ3n) is 5.56. The molecule has 2 fully saturated rings. The van der Waals surface area contributed by atoms with Gasteiger partial charge in [-0.05, 0) is 43.9 Å². The fraction of sp³-hybridized carbons (Fsp3) is 0.455. The fourth-order valence-corrected chi connectivity index (χ4v) is 3.92. The van der Waals surface area contributed by atoms with Crippen molar-refractivity contribution in [1.29, 1.82) is 0 Å². The van der Waals surface area contributed by atoms with E-state index in [1.54, 1.807) is 13.2 Å². The molecule has 0 spiro atoms. The van der Waals surface area contributed by atoms with E-state index in [0.717, 1.165) is 55.4 Å². The molecule has 0 bridgehead atoms. The maximum atomic E-state index is 6.30. The molecule has 2 aliphatic rings. The summed E-state index contributed by atoms with van der Waals surface area (Å²) < 4.78 is 6.13. The number of pyridine rings is 1. The molecule has 1 aromatic heterocycles. The summed E-state index contributed by atoms with van der Waals surface area (Å²) >= 11 is 6.30. The normalized spacial score (nSPS) is 19.1. The summed E-state index contributed by atoms with van der Waals surface area (Å²) in [5.74, 6) is 2.61. The van der Waals surface area contributed by atoms with Crippen molar-refractivity contribution in [3.05, 3.63) is 53.2 Å². The number of halogens is 2. The number of hydrogen-bond donors (Lipinski definition) is 2. The van der Waals surface area contributed by atoms with Crippen LogP contribution >= 0.6 is 35.6 Å². The van der Waals surface area contributed by atoms with Crippen LogP contribution in [0.25, 0.3) is 0 Å². The van der Waals surface area contributed by atoms with Crippen LogP contribution in [-0.2, 0) is 6.54 Å². The minimum atomic E-state index is 0. The first kappa shape index (κ1) is 22.9. The van der Waals surface area contributed by atoms with Gasteiger partial charge in [-0.15, -0.1) is 24.0 Å². The van der Waals surface area contributed by atoms with Gasteiger partial charge in [-0.1, -0.05) is 29.8 Å². The second kappa shape index (κ2) is 11.0. The van der Waals surface area contributed by atoms with Crippen molar-refractivity contribution in [2.75, 3.05) is 25.0 Å². The van der Waals surface area contributed by atoms with Gasteiger partial charge in [0.2, 0.25) is 0 Å². The highest BCUT2D eigenvalue weighted by molar-refractivity contribution is 14.0. The smallest absolute Gasteiger partial charge is 0.191 e. The third-order valence-corrected chi connectivity index (χ3v) is 5.85. The van der Waals surface area contributed by atoms with E-state index >= 15 is 0 Å². The Morgan fingerprint density at radius 2 is 2.07 bits per heavy atom. The van der Waals surface area contributed by atoms with Crippen molar-refractivity contribution in [3.63, 3.8) is 0 Å². The predicted molar refractivity (Wildman–Crippen MR) is 133 cm³/mol. The molecule has 0 amide bonds. The van der Waals surface area contributed by atoms with Crippen LogP contribution in [0.2, 0.25) is 5.02 Å². The van der Waals surface area contributed by atoms with E-state index in [-0.39, 0.29) is 24.0 Å². The first-order valence-electron chi connectivity index (χ1n) is 10.3. The SMILES string of the molecule is CN=C(NCc1ccccc1OC1CCC1)NC1CCN(c2ncccc2Cl)C1.I. The molecule has 1 unspecified atom stereocenters. The lowest BCUT2D eigenvalue weighted by Gasteiger charge is -2.27. The topological polar surface area (TPSA) is 61.8 Å². The molecule has 1 saturated heterocycles. The predicted octanol–water partition coefficient (Wildman–Crippen LogP) is 4.23. The molecule has 6 nitrogen and oxygen atoms in total. The first-order chi connectivity index (χ1) is 14.2. The van der Waals surface area contributed by atoms with Gasteiger partial charge in [-0.3, -0.25) is 4.99 Å². The van der Waals surface area contributed by atoms with E-state index in [4.69, 9.17) is 16.3 Å². The Kier molecular flexibility index (Phi) is 8.44. The summed E-state index contributed by atoms with van der Waals surface area (Å²) in [7, 11) is 1.80. The van der Waals surface area contributed by atoms with E-state index in [0.29, 0.717) is 23.7 Å². The highest BCUT2D eigenvalue weighted by Gasteiger charge is 2.25. The van der Waals surface area contributed by atoms with Gasteiger partial charge in [0, 0.05) is 44.5 Å². The van der Waals surface area contributed by atoms with Gasteiger partial charge in [0.15, 0.2) is 5.96 Å². The zero-order valence-corrected chi connectivity index (χ0v) is 20.3. The molecule has 4 rings (SSSR count). The van der Waals surface area contributed by atoms with Crippen molar-refractivity contribution in [3.8, 4) is 5.75 Å². The summed E-state index contributed by atoms with van der Waals surface area (Å²) in [6.07, 6.45) is 6.74. The molecule has 1 aliphatic heterocycles.